The van der Waals surface area contributed by atoms with Crippen LogP contribution in [0.15, 0.2) is 0 Å². The highest BCUT2D eigenvalue weighted by Crippen LogP contribution is 2.45. The molecule has 3 fully saturated rings. The molecule has 21 heavy (non-hydrogen) atoms. The Kier molecular flexibility index (Phi) is 4.28. The van der Waals surface area contributed by atoms with Crippen LogP contribution in [0.4, 0.5) is 0 Å². The third-order valence-corrected chi connectivity index (χ3v) is 6.40. The molecule has 4 nitrogen and oxygen atoms in total. The second kappa shape index (κ2) is 5.88. The summed E-state index contributed by atoms with van der Waals surface area (Å²) in [5.74, 6) is 0.478. The summed E-state index contributed by atoms with van der Waals surface area (Å²) in [6, 6.07) is 1.70. The summed E-state index contributed by atoms with van der Waals surface area (Å²) in [5, 5.41) is 9.19. The Labute approximate surface area is 128 Å². The highest BCUT2D eigenvalue weighted by atomic mass is 16.4. The van der Waals surface area contributed by atoms with Crippen LogP contribution in [-0.4, -0.2) is 46.8 Å². The molecule has 1 heterocycles. The van der Waals surface area contributed by atoms with E-state index in [4.69, 9.17) is 5.73 Å². The SMILES string of the molecule is CC1CC([N+]2(C3CCCC3)CC(N)CC(CC(=O)O)C2)C1. The van der Waals surface area contributed by atoms with Gasteiger partial charge < -0.3 is 15.3 Å². The first-order valence-corrected chi connectivity index (χ1v) is 8.83. The predicted molar refractivity (Wildman–Crippen MR) is 82.8 cm³/mol. The summed E-state index contributed by atoms with van der Waals surface area (Å²) in [7, 11) is 0. The van der Waals surface area contributed by atoms with Crippen molar-refractivity contribution in [1.82, 2.24) is 0 Å². The summed E-state index contributed by atoms with van der Waals surface area (Å²) < 4.78 is 1.17. The highest BCUT2D eigenvalue weighted by molar-refractivity contribution is 5.67. The Hall–Kier alpha value is -0.610. The second-order valence-electron chi connectivity index (χ2n) is 8.10. The molecule has 1 aliphatic heterocycles. The lowest BCUT2D eigenvalue weighted by atomic mass is 9.75. The number of hydrogen-bond acceptors (Lipinski definition) is 2. The quantitative estimate of drug-likeness (QED) is 0.783. The third-order valence-electron chi connectivity index (χ3n) is 6.40. The summed E-state index contributed by atoms with van der Waals surface area (Å²) >= 11 is 0. The minimum absolute atomic E-state index is 0.194. The number of nitrogens with two attached hydrogens (primary N) is 1. The van der Waals surface area contributed by atoms with E-state index in [0.29, 0.717) is 6.42 Å². The molecule has 3 N–H and O–H groups in total. The molecular formula is C17H31N2O2+. The van der Waals surface area contributed by atoms with Gasteiger partial charge in [-0.25, -0.2) is 0 Å². The molecule has 0 aromatic carbocycles. The number of likely N-dealkylation sites (tertiary alicyclic amines) is 1. The van der Waals surface area contributed by atoms with E-state index < -0.39 is 5.97 Å². The number of rotatable bonds is 4. The van der Waals surface area contributed by atoms with Crippen molar-refractivity contribution in [2.24, 2.45) is 17.6 Å². The molecule has 0 radical (unpaired) electrons. The van der Waals surface area contributed by atoms with Gasteiger partial charge in [-0.15, -0.1) is 0 Å². The topological polar surface area (TPSA) is 63.3 Å². The zero-order valence-electron chi connectivity index (χ0n) is 13.3. The van der Waals surface area contributed by atoms with Crippen LogP contribution < -0.4 is 5.73 Å². The van der Waals surface area contributed by atoms with Crippen molar-refractivity contribution in [3.63, 3.8) is 0 Å². The fraction of sp³-hybridized carbons (Fsp3) is 0.941. The van der Waals surface area contributed by atoms with E-state index in [1.54, 1.807) is 0 Å². The van der Waals surface area contributed by atoms with Gasteiger partial charge in [0, 0.05) is 18.8 Å². The molecule has 0 spiro atoms. The Bertz CT molecular complexity index is 388. The molecule has 2 saturated carbocycles. The van der Waals surface area contributed by atoms with Crippen molar-refractivity contribution < 1.29 is 14.4 Å². The van der Waals surface area contributed by atoms with Crippen LogP contribution in [0, 0.1) is 11.8 Å². The van der Waals surface area contributed by atoms with E-state index >= 15 is 0 Å². The minimum Gasteiger partial charge on any atom is -0.481 e. The standard InChI is InChI=1S/C17H30N2O2/c1-12-6-16(7-12)19(15-4-2-3-5-15)10-13(9-17(20)21)8-14(18)11-19/h12-16H,2-11,18H2,1H3/p+1. The molecule has 3 atom stereocenters. The van der Waals surface area contributed by atoms with Gasteiger partial charge in [-0.2, -0.15) is 0 Å². The van der Waals surface area contributed by atoms with Crippen LogP contribution in [0.3, 0.4) is 0 Å². The smallest absolute Gasteiger partial charge is 0.303 e. The van der Waals surface area contributed by atoms with E-state index in [2.05, 4.69) is 6.92 Å². The van der Waals surface area contributed by atoms with Crippen molar-refractivity contribution >= 4 is 5.97 Å². The number of quaternary nitrogens is 1. The average Bonchev–Trinajstić information content (AvgIpc) is 2.87. The Morgan fingerprint density at radius 2 is 1.81 bits per heavy atom. The maximum absolute atomic E-state index is 11.2. The number of hydrogen-bond donors (Lipinski definition) is 2. The van der Waals surface area contributed by atoms with E-state index in [1.807, 2.05) is 0 Å². The number of nitrogens with zero attached hydrogens (tertiary/aromatic N) is 1. The molecule has 0 amide bonds. The van der Waals surface area contributed by atoms with Crippen molar-refractivity contribution in [2.45, 2.75) is 76.4 Å². The molecule has 3 rings (SSSR count). The summed E-state index contributed by atoms with van der Waals surface area (Å²) in [6.45, 7) is 4.51. The second-order valence-corrected chi connectivity index (χ2v) is 8.10. The molecule has 3 unspecified atom stereocenters. The van der Waals surface area contributed by atoms with Crippen LogP contribution in [0.1, 0.15) is 58.3 Å². The molecule has 2 aliphatic carbocycles. The number of piperidine rings is 1. The molecule has 4 heteroatoms. The third kappa shape index (κ3) is 2.98. The maximum Gasteiger partial charge on any atom is 0.303 e. The predicted octanol–water partition coefficient (Wildman–Crippen LogP) is 2.37. The van der Waals surface area contributed by atoms with E-state index in [1.165, 1.54) is 43.0 Å². The molecular weight excluding hydrogens is 264 g/mol. The zero-order chi connectivity index (χ0) is 15.0. The van der Waals surface area contributed by atoms with E-state index in [9.17, 15) is 9.90 Å². The molecule has 0 bridgehead atoms. The van der Waals surface area contributed by atoms with Gasteiger partial charge >= 0.3 is 5.97 Å². The zero-order valence-corrected chi connectivity index (χ0v) is 13.3. The summed E-state index contributed by atoms with van der Waals surface area (Å²) in [4.78, 5) is 11.2. The van der Waals surface area contributed by atoms with Crippen LogP contribution in [0.5, 0.6) is 0 Å². The average molecular weight is 295 g/mol. The largest absolute Gasteiger partial charge is 0.481 e. The fourth-order valence-electron chi connectivity index (χ4n) is 5.56. The normalized spacial score (nSPS) is 44.5. The van der Waals surface area contributed by atoms with Crippen molar-refractivity contribution in [1.29, 1.82) is 0 Å². The van der Waals surface area contributed by atoms with Crippen LogP contribution in [-0.2, 0) is 4.79 Å². The van der Waals surface area contributed by atoms with Crippen molar-refractivity contribution in [2.75, 3.05) is 13.1 Å². The lowest BCUT2D eigenvalue weighted by molar-refractivity contribution is -0.986. The summed E-state index contributed by atoms with van der Waals surface area (Å²) in [6.07, 6.45) is 9.22. The first-order chi connectivity index (χ1) is 9.99. The van der Waals surface area contributed by atoms with Gasteiger partial charge in [0.1, 0.15) is 0 Å². The highest BCUT2D eigenvalue weighted by Gasteiger charge is 2.53. The molecule has 120 valence electrons. The van der Waals surface area contributed by atoms with Crippen molar-refractivity contribution in [3.8, 4) is 0 Å². The first kappa shape index (κ1) is 15.3. The van der Waals surface area contributed by atoms with Gasteiger partial charge in [0.15, 0.2) is 0 Å². The number of carbonyl (C=O) groups is 1. The van der Waals surface area contributed by atoms with Crippen LogP contribution in [0.2, 0.25) is 0 Å². The van der Waals surface area contributed by atoms with Gasteiger partial charge in [0.25, 0.3) is 0 Å². The fourth-order valence-corrected chi connectivity index (χ4v) is 5.56. The first-order valence-electron chi connectivity index (χ1n) is 8.83. The number of carboxylic acids is 1. The molecule has 0 aromatic heterocycles. The van der Waals surface area contributed by atoms with Gasteiger partial charge in [0.05, 0.1) is 37.6 Å². The Morgan fingerprint density at radius 1 is 1.14 bits per heavy atom. The van der Waals surface area contributed by atoms with E-state index in [0.717, 1.165) is 37.5 Å². The summed E-state index contributed by atoms with van der Waals surface area (Å²) in [5.41, 5.74) is 6.39. The number of carboxylic acid groups (broad SMARTS) is 1. The monoisotopic (exact) mass is 295 g/mol. The lowest BCUT2D eigenvalue weighted by Crippen LogP contribution is -2.71. The number of aliphatic carboxylic acids is 1. The van der Waals surface area contributed by atoms with E-state index in [-0.39, 0.29) is 12.0 Å². The minimum atomic E-state index is -0.652. The Balaban J connectivity index is 1.81. The van der Waals surface area contributed by atoms with Gasteiger partial charge in [-0.05, 0) is 38.0 Å². The van der Waals surface area contributed by atoms with Crippen molar-refractivity contribution in [3.05, 3.63) is 0 Å². The molecule has 3 aliphatic rings. The van der Waals surface area contributed by atoms with Gasteiger partial charge in [-0.1, -0.05) is 6.92 Å². The molecule has 1 saturated heterocycles. The van der Waals surface area contributed by atoms with Crippen LogP contribution >= 0.6 is 0 Å². The Morgan fingerprint density at radius 3 is 2.38 bits per heavy atom. The molecule has 0 aromatic rings. The van der Waals surface area contributed by atoms with Crippen LogP contribution in [0.25, 0.3) is 0 Å². The maximum atomic E-state index is 11.2. The van der Waals surface area contributed by atoms with Gasteiger partial charge in [0.2, 0.25) is 0 Å². The lowest BCUT2D eigenvalue weighted by Gasteiger charge is -2.58. The van der Waals surface area contributed by atoms with Gasteiger partial charge in [-0.3, -0.25) is 4.79 Å².